The van der Waals surface area contributed by atoms with Crippen molar-refractivity contribution in [2.75, 3.05) is 19.6 Å². The minimum Gasteiger partial charge on any atom is -0.342 e. The molecule has 0 saturated heterocycles. The third kappa shape index (κ3) is 5.46. The summed E-state index contributed by atoms with van der Waals surface area (Å²) in [6, 6.07) is 15.0. The molecule has 1 aromatic heterocycles. The van der Waals surface area contributed by atoms with Gasteiger partial charge >= 0.3 is 0 Å². The Labute approximate surface area is 167 Å². The van der Waals surface area contributed by atoms with E-state index in [2.05, 4.69) is 43.1 Å². The maximum Gasteiger partial charge on any atom is 0.241 e. The van der Waals surface area contributed by atoms with Crippen LogP contribution in [0.5, 0.6) is 0 Å². The number of hydrogen-bond acceptors (Lipinski definition) is 3. The highest BCUT2D eigenvalue weighted by atomic mass is 79.9. The molecule has 0 unspecified atom stereocenters. The molecule has 27 heavy (non-hydrogen) atoms. The lowest BCUT2D eigenvalue weighted by Crippen LogP contribution is -2.85. The standard InChI is InChI=1S/C20H20BrN3O2S/c21-18-8-6-16(7-9-18)3-2-11-22-13-14-24-27(25,26)20-5-1-4-17-15-23-12-10-19(17)20/h1-10,12,15,22,24H,11,13-14H2/p+1/b3-2+. The van der Waals surface area contributed by atoms with E-state index in [1.54, 1.807) is 30.6 Å². The molecular formula is C20H21BrN3O2S+. The highest BCUT2D eigenvalue weighted by molar-refractivity contribution is 9.10. The third-order valence-electron chi connectivity index (χ3n) is 4.05. The highest BCUT2D eigenvalue weighted by Gasteiger charge is 2.16. The molecule has 0 aliphatic heterocycles. The molecule has 0 fully saturated rings. The number of pyridine rings is 1. The van der Waals surface area contributed by atoms with Gasteiger partial charge in [-0.3, -0.25) is 4.98 Å². The summed E-state index contributed by atoms with van der Waals surface area (Å²) in [5, 5.41) is 3.55. The topological polar surface area (TPSA) is 75.7 Å². The predicted octanol–water partition coefficient (Wildman–Crippen LogP) is 2.55. The molecular weight excluding hydrogens is 426 g/mol. The van der Waals surface area contributed by atoms with Crippen LogP contribution >= 0.6 is 15.9 Å². The maximum atomic E-state index is 12.6. The Morgan fingerprint density at radius 1 is 1.11 bits per heavy atom. The predicted molar refractivity (Wildman–Crippen MR) is 112 cm³/mol. The normalized spacial score (nSPS) is 12.0. The molecule has 0 radical (unpaired) electrons. The molecule has 3 N–H and O–H groups in total. The monoisotopic (exact) mass is 446 g/mol. The van der Waals surface area contributed by atoms with Crippen LogP contribution in [0.4, 0.5) is 0 Å². The number of nitrogens with zero attached hydrogens (tertiary/aromatic N) is 1. The van der Waals surface area contributed by atoms with Crippen molar-refractivity contribution in [2.45, 2.75) is 4.90 Å². The van der Waals surface area contributed by atoms with Gasteiger partial charge in [0, 0.05) is 27.6 Å². The van der Waals surface area contributed by atoms with Crippen LogP contribution in [-0.2, 0) is 10.0 Å². The van der Waals surface area contributed by atoms with Gasteiger partial charge in [-0.1, -0.05) is 46.3 Å². The van der Waals surface area contributed by atoms with E-state index in [0.717, 1.165) is 22.0 Å². The van der Waals surface area contributed by atoms with E-state index in [0.29, 0.717) is 18.5 Å². The SMILES string of the molecule is O=S(=O)(NCC[NH2+]C/C=C/c1ccc(Br)cc1)c1cccc2cnccc12. The number of hydrogen-bond donors (Lipinski definition) is 2. The molecule has 0 atom stereocenters. The van der Waals surface area contributed by atoms with Crippen molar-refractivity contribution >= 4 is 42.8 Å². The molecule has 1 heterocycles. The molecule has 0 amide bonds. The Hall–Kier alpha value is -2.06. The van der Waals surface area contributed by atoms with Gasteiger partial charge in [-0.15, -0.1) is 0 Å². The Bertz CT molecular complexity index is 1030. The summed E-state index contributed by atoms with van der Waals surface area (Å²) in [6.07, 6.45) is 7.39. The van der Waals surface area contributed by atoms with Crippen LogP contribution in [0, 0.1) is 0 Å². The van der Waals surface area contributed by atoms with E-state index >= 15 is 0 Å². The van der Waals surface area contributed by atoms with Crippen LogP contribution < -0.4 is 10.0 Å². The third-order valence-corrected chi connectivity index (χ3v) is 6.10. The summed E-state index contributed by atoms with van der Waals surface area (Å²) >= 11 is 3.41. The van der Waals surface area contributed by atoms with Gasteiger partial charge in [0.2, 0.25) is 10.0 Å². The quantitative estimate of drug-likeness (QED) is 0.522. The molecule has 0 bridgehead atoms. The van der Waals surface area contributed by atoms with Crippen molar-refractivity contribution in [3.63, 3.8) is 0 Å². The summed E-state index contributed by atoms with van der Waals surface area (Å²) in [5.41, 5.74) is 1.14. The summed E-state index contributed by atoms with van der Waals surface area (Å²) < 4.78 is 28.9. The van der Waals surface area contributed by atoms with Crippen LogP contribution in [0.1, 0.15) is 5.56 Å². The van der Waals surface area contributed by atoms with Crippen LogP contribution in [0.15, 0.2) is 76.4 Å². The Kier molecular flexibility index (Phi) is 6.73. The first-order chi connectivity index (χ1) is 13.1. The second kappa shape index (κ2) is 9.23. The largest absolute Gasteiger partial charge is 0.342 e. The van der Waals surface area contributed by atoms with Crippen molar-refractivity contribution in [1.29, 1.82) is 0 Å². The fourth-order valence-electron chi connectivity index (χ4n) is 2.69. The number of aromatic nitrogens is 1. The number of rotatable bonds is 8. The van der Waals surface area contributed by atoms with Gasteiger partial charge in [0.25, 0.3) is 0 Å². The first kappa shape index (κ1) is 19.7. The molecule has 3 aromatic rings. The minimum absolute atomic E-state index is 0.289. The van der Waals surface area contributed by atoms with E-state index in [1.165, 1.54) is 0 Å². The van der Waals surface area contributed by atoms with Crippen molar-refractivity contribution in [3.05, 3.63) is 77.0 Å². The zero-order chi connectivity index (χ0) is 19.1. The van der Waals surface area contributed by atoms with E-state index in [9.17, 15) is 8.42 Å². The number of halogens is 1. The highest BCUT2D eigenvalue weighted by Crippen LogP contribution is 2.21. The average molecular weight is 447 g/mol. The number of benzene rings is 2. The number of fused-ring (bicyclic) bond motifs is 1. The second-order valence-corrected chi connectivity index (χ2v) is 8.67. The number of nitrogens with two attached hydrogens (primary N) is 1. The zero-order valence-corrected chi connectivity index (χ0v) is 17.1. The van der Waals surface area contributed by atoms with Crippen molar-refractivity contribution < 1.29 is 13.7 Å². The molecule has 0 aliphatic carbocycles. The van der Waals surface area contributed by atoms with Crippen LogP contribution in [0.3, 0.4) is 0 Å². The fourth-order valence-corrected chi connectivity index (χ4v) is 4.23. The molecule has 0 saturated carbocycles. The van der Waals surface area contributed by atoms with Gasteiger partial charge < -0.3 is 5.32 Å². The number of quaternary nitrogens is 1. The van der Waals surface area contributed by atoms with Crippen molar-refractivity contribution in [3.8, 4) is 0 Å². The Morgan fingerprint density at radius 3 is 2.74 bits per heavy atom. The molecule has 2 aromatic carbocycles. The fraction of sp³-hybridized carbons (Fsp3) is 0.150. The van der Waals surface area contributed by atoms with Crippen LogP contribution in [-0.4, -0.2) is 33.0 Å². The van der Waals surface area contributed by atoms with Gasteiger partial charge in [-0.05, 0) is 35.9 Å². The van der Waals surface area contributed by atoms with Crippen molar-refractivity contribution in [2.24, 2.45) is 0 Å². The molecule has 5 nitrogen and oxygen atoms in total. The van der Waals surface area contributed by atoms with Crippen LogP contribution in [0.25, 0.3) is 16.8 Å². The Balaban J connectivity index is 1.49. The zero-order valence-electron chi connectivity index (χ0n) is 14.7. The van der Waals surface area contributed by atoms with Crippen molar-refractivity contribution in [1.82, 2.24) is 9.71 Å². The summed E-state index contributed by atoms with van der Waals surface area (Å²) in [6.45, 7) is 1.82. The maximum absolute atomic E-state index is 12.6. The van der Waals surface area contributed by atoms with E-state index < -0.39 is 10.0 Å². The van der Waals surface area contributed by atoms with Gasteiger partial charge in [0.15, 0.2) is 0 Å². The summed E-state index contributed by atoms with van der Waals surface area (Å²) in [5.74, 6) is 0. The first-order valence-corrected chi connectivity index (χ1v) is 10.9. The van der Waals surface area contributed by atoms with E-state index in [4.69, 9.17) is 0 Å². The minimum atomic E-state index is -3.55. The van der Waals surface area contributed by atoms with E-state index in [1.807, 2.05) is 30.3 Å². The van der Waals surface area contributed by atoms with Gasteiger partial charge in [0.1, 0.15) is 0 Å². The lowest BCUT2D eigenvalue weighted by Gasteiger charge is -2.08. The first-order valence-electron chi connectivity index (χ1n) is 8.62. The van der Waals surface area contributed by atoms with Gasteiger partial charge in [0.05, 0.1) is 24.5 Å². The molecule has 0 aliphatic rings. The lowest BCUT2D eigenvalue weighted by molar-refractivity contribution is -0.643. The average Bonchev–Trinajstić information content (AvgIpc) is 2.68. The van der Waals surface area contributed by atoms with Gasteiger partial charge in [-0.25, -0.2) is 13.1 Å². The number of nitrogens with one attached hydrogen (secondary N) is 1. The molecule has 140 valence electrons. The summed E-state index contributed by atoms with van der Waals surface area (Å²) in [7, 11) is -3.55. The Morgan fingerprint density at radius 2 is 1.93 bits per heavy atom. The van der Waals surface area contributed by atoms with Crippen LogP contribution in [0.2, 0.25) is 0 Å². The lowest BCUT2D eigenvalue weighted by atomic mass is 10.2. The van der Waals surface area contributed by atoms with E-state index in [-0.39, 0.29) is 4.90 Å². The van der Waals surface area contributed by atoms with Gasteiger partial charge in [-0.2, -0.15) is 0 Å². The second-order valence-electron chi connectivity index (χ2n) is 6.02. The molecule has 7 heteroatoms. The molecule has 3 rings (SSSR count). The smallest absolute Gasteiger partial charge is 0.241 e. The number of sulfonamides is 1. The molecule has 0 spiro atoms. The summed E-state index contributed by atoms with van der Waals surface area (Å²) in [4.78, 5) is 4.33.